The van der Waals surface area contributed by atoms with Gasteiger partial charge in [0.25, 0.3) is 5.91 Å². The molecule has 3 aliphatic carbocycles. The number of benzene rings is 2. The van der Waals surface area contributed by atoms with Crippen molar-refractivity contribution in [2.45, 2.75) is 109 Å². The molecular weight excluding hydrogens is 626 g/mol. The lowest BCUT2D eigenvalue weighted by molar-refractivity contribution is -0.132. The summed E-state index contributed by atoms with van der Waals surface area (Å²) in [5.41, 5.74) is 9.04. The molecule has 0 aromatic heterocycles. The standard InChI is InChI=1S/C35H44N8O2.C2H5N.C2H6/c1-4-22-7-11-28-23(15-22)8-9-24-16-25(32(45)39-5-2)10-12-29(24)35(28,33(37)41-42-38)20-34(13-6-14-34)40-19-30(44)43-26(18-36)17-27-21(3)31(27)43;1-2-3;1-2/h7,10-12,15-16,21,26-27,31,40H,4-6,8-9,13-14,17,19-20H2,1-3H3,(H,39,45)(H3,37,38,41);2H,1,3H2;1-2H3. The second-order valence-electron chi connectivity index (χ2n) is 13.6. The van der Waals surface area contributed by atoms with Gasteiger partial charge in [-0.1, -0.05) is 63.8 Å². The maximum atomic E-state index is 13.7. The molecule has 2 aromatic rings. The molecule has 5 unspecified atom stereocenters. The van der Waals surface area contributed by atoms with E-state index >= 15 is 0 Å². The fourth-order valence-electron chi connectivity index (χ4n) is 8.45. The van der Waals surface area contributed by atoms with Crippen LogP contribution in [-0.2, 0) is 29.5 Å². The van der Waals surface area contributed by atoms with Crippen LogP contribution in [0.25, 0.3) is 0 Å². The molecule has 4 aliphatic rings. The predicted octanol–water partition coefficient (Wildman–Crippen LogP) is 5.46. The summed E-state index contributed by atoms with van der Waals surface area (Å²) in [5.74, 6) is 6.38. The van der Waals surface area contributed by atoms with Crippen molar-refractivity contribution in [2.75, 3.05) is 13.1 Å². The molecule has 1 aliphatic heterocycles. The maximum Gasteiger partial charge on any atom is 0.251 e. The van der Waals surface area contributed by atoms with E-state index in [0.29, 0.717) is 36.8 Å². The third-order valence-corrected chi connectivity index (χ3v) is 11.1. The van der Waals surface area contributed by atoms with Crippen LogP contribution in [0.2, 0.25) is 0 Å². The van der Waals surface area contributed by atoms with Gasteiger partial charge >= 0.3 is 0 Å². The second-order valence-corrected chi connectivity index (χ2v) is 13.6. The van der Waals surface area contributed by atoms with Crippen LogP contribution in [0.1, 0.15) is 105 Å². The topological polar surface area (TPSA) is 186 Å². The van der Waals surface area contributed by atoms with E-state index in [0.717, 1.165) is 60.8 Å². The van der Waals surface area contributed by atoms with Gasteiger partial charge in [-0.15, -0.1) is 5.11 Å². The first-order valence-electron chi connectivity index (χ1n) is 18.2. The molecule has 2 amide bonds. The SMILES string of the molecule is C=CN.CC.CCNC(=O)c1ccc2c(c1)CCc1cc(CC)ccc1C2(CC1(NCC(=O)N2C(C#N)CC3C(C)C32)CCC1)C(=N)N=NN. The van der Waals surface area contributed by atoms with Gasteiger partial charge in [-0.2, -0.15) is 5.26 Å². The van der Waals surface area contributed by atoms with Gasteiger partial charge < -0.3 is 27.1 Å². The van der Waals surface area contributed by atoms with Gasteiger partial charge in [-0.3, -0.25) is 15.0 Å². The van der Waals surface area contributed by atoms with Crippen LogP contribution >= 0.6 is 0 Å². The Bertz CT molecular complexity index is 1640. The van der Waals surface area contributed by atoms with Gasteiger partial charge in [-0.05, 0) is 116 Å². The van der Waals surface area contributed by atoms with Crippen molar-refractivity contribution in [1.29, 1.82) is 10.7 Å². The van der Waals surface area contributed by atoms with Crippen LogP contribution in [0.4, 0.5) is 0 Å². The molecule has 268 valence electrons. The quantitative estimate of drug-likeness (QED) is 0.0769. The lowest BCUT2D eigenvalue weighted by Crippen LogP contribution is -2.59. The average Bonchev–Trinajstić information content (AvgIpc) is 3.59. The summed E-state index contributed by atoms with van der Waals surface area (Å²) < 4.78 is 0. The van der Waals surface area contributed by atoms with E-state index in [4.69, 9.17) is 5.84 Å². The fourth-order valence-corrected chi connectivity index (χ4v) is 8.45. The van der Waals surface area contributed by atoms with E-state index in [1.807, 2.05) is 43.9 Å². The summed E-state index contributed by atoms with van der Waals surface area (Å²) in [4.78, 5) is 28.4. The molecule has 5 atom stereocenters. The molecule has 11 heteroatoms. The number of fused-ring (bicyclic) bond motifs is 3. The normalized spacial score (nSPS) is 25.0. The minimum atomic E-state index is -1.01. The minimum Gasteiger partial charge on any atom is -0.405 e. The number of nitrogens with one attached hydrogen (secondary N) is 3. The Morgan fingerprint density at radius 1 is 1.14 bits per heavy atom. The number of rotatable bonds is 9. The third kappa shape index (κ3) is 7.17. The molecule has 11 nitrogen and oxygen atoms in total. The molecule has 2 saturated carbocycles. The number of hydrogen-bond acceptors (Lipinski definition) is 7. The number of hydrogen-bond donors (Lipinski definition) is 5. The second kappa shape index (κ2) is 16.4. The van der Waals surface area contributed by atoms with Gasteiger partial charge in [0, 0.05) is 23.7 Å². The Kier molecular flexibility index (Phi) is 12.6. The van der Waals surface area contributed by atoms with Crippen LogP contribution in [0, 0.1) is 28.6 Å². The van der Waals surface area contributed by atoms with Crippen molar-refractivity contribution >= 4 is 17.6 Å². The van der Waals surface area contributed by atoms with E-state index in [1.165, 1.54) is 11.8 Å². The van der Waals surface area contributed by atoms with Crippen molar-refractivity contribution in [1.82, 2.24) is 15.5 Å². The first-order valence-corrected chi connectivity index (χ1v) is 18.2. The van der Waals surface area contributed by atoms with E-state index in [-0.39, 0.29) is 36.3 Å². The molecule has 1 saturated heterocycles. The number of aryl methyl sites for hydroxylation is 3. The number of nitrogens with two attached hydrogens (primary N) is 2. The van der Waals surface area contributed by atoms with Gasteiger partial charge in [-0.25, -0.2) is 0 Å². The Labute approximate surface area is 297 Å². The van der Waals surface area contributed by atoms with Crippen molar-refractivity contribution in [3.05, 3.63) is 82.6 Å². The molecule has 0 bridgehead atoms. The monoisotopic (exact) mass is 681 g/mol. The maximum absolute atomic E-state index is 13.7. The van der Waals surface area contributed by atoms with Crippen molar-refractivity contribution in [3.8, 4) is 6.07 Å². The Morgan fingerprint density at radius 3 is 2.34 bits per heavy atom. The summed E-state index contributed by atoms with van der Waals surface area (Å²) >= 11 is 0. The summed E-state index contributed by atoms with van der Waals surface area (Å²) in [6.45, 7) is 14.0. The van der Waals surface area contributed by atoms with E-state index < -0.39 is 11.0 Å². The van der Waals surface area contributed by atoms with Crippen molar-refractivity contribution < 1.29 is 9.59 Å². The Morgan fingerprint density at radius 2 is 1.78 bits per heavy atom. The van der Waals surface area contributed by atoms with E-state index in [2.05, 4.69) is 71.4 Å². The summed E-state index contributed by atoms with van der Waals surface area (Å²) in [7, 11) is 0. The molecule has 1 heterocycles. The number of amidine groups is 1. The smallest absolute Gasteiger partial charge is 0.251 e. The predicted molar refractivity (Wildman–Crippen MR) is 197 cm³/mol. The highest BCUT2D eigenvalue weighted by atomic mass is 16.2. The van der Waals surface area contributed by atoms with Crippen LogP contribution in [0.15, 0.2) is 59.5 Å². The molecule has 50 heavy (non-hydrogen) atoms. The third-order valence-electron chi connectivity index (χ3n) is 11.1. The zero-order valence-electron chi connectivity index (χ0n) is 30.4. The fraction of sp³-hybridized carbons (Fsp3) is 0.538. The number of nitriles is 1. The molecular formula is C39H55N9O2. The first-order chi connectivity index (χ1) is 24.1. The molecule has 7 N–H and O–H groups in total. The van der Waals surface area contributed by atoms with Crippen molar-refractivity contribution in [2.24, 2.45) is 33.7 Å². The zero-order chi connectivity index (χ0) is 36.6. The molecule has 3 fully saturated rings. The highest BCUT2D eigenvalue weighted by Crippen LogP contribution is 2.53. The van der Waals surface area contributed by atoms with Crippen LogP contribution in [-0.4, -0.2) is 53.3 Å². The summed E-state index contributed by atoms with van der Waals surface area (Å²) in [5, 5.41) is 33.6. The number of piperidine rings is 1. The summed E-state index contributed by atoms with van der Waals surface area (Å²) in [6.07, 6.45) is 7.54. The number of amides is 2. The van der Waals surface area contributed by atoms with Crippen LogP contribution < -0.4 is 22.2 Å². The Hall–Kier alpha value is -4.56. The Balaban J connectivity index is 0.00000107. The highest BCUT2D eigenvalue weighted by molar-refractivity contribution is 5.98. The number of likely N-dealkylation sites (tertiary alicyclic amines) is 1. The van der Waals surface area contributed by atoms with Gasteiger partial charge in [0.15, 0.2) is 5.84 Å². The zero-order valence-corrected chi connectivity index (χ0v) is 30.4. The molecule has 0 radical (unpaired) electrons. The largest absolute Gasteiger partial charge is 0.405 e. The van der Waals surface area contributed by atoms with Crippen LogP contribution in [0.3, 0.4) is 0 Å². The molecule has 0 spiro atoms. The van der Waals surface area contributed by atoms with E-state index in [9.17, 15) is 20.3 Å². The van der Waals surface area contributed by atoms with Gasteiger partial charge in [0.05, 0.1) is 18.0 Å². The summed E-state index contributed by atoms with van der Waals surface area (Å²) in [6, 6.07) is 14.4. The first kappa shape index (κ1) is 38.2. The van der Waals surface area contributed by atoms with E-state index in [1.54, 1.807) is 0 Å². The van der Waals surface area contributed by atoms with Crippen LogP contribution in [0.5, 0.6) is 0 Å². The molecule has 6 rings (SSSR count). The lowest BCUT2D eigenvalue weighted by Gasteiger charge is -2.49. The average molecular weight is 682 g/mol. The van der Waals surface area contributed by atoms with Gasteiger partial charge in [0.1, 0.15) is 6.04 Å². The molecule has 2 aromatic carbocycles. The minimum absolute atomic E-state index is 0.0312. The van der Waals surface area contributed by atoms with Crippen molar-refractivity contribution in [3.63, 3.8) is 0 Å². The number of carbonyl (C=O) groups excluding carboxylic acids is 2. The number of carbonyl (C=O) groups is 2. The van der Waals surface area contributed by atoms with Gasteiger partial charge in [0.2, 0.25) is 5.91 Å². The number of nitrogens with zero attached hydrogens (tertiary/aromatic N) is 4. The highest BCUT2D eigenvalue weighted by Gasteiger charge is 2.60. The lowest BCUT2D eigenvalue weighted by atomic mass is 9.59.